The Balaban J connectivity index is 2.41. The quantitative estimate of drug-likeness (QED) is 0.728. The van der Waals surface area contributed by atoms with Crippen LogP contribution >= 0.6 is 0 Å². The fourth-order valence-corrected chi connectivity index (χ4v) is 3.92. The predicted molar refractivity (Wildman–Crippen MR) is 69.8 cm³/mol. The van der Waals surface area contributed by atoms with Crippen molar-refractivity contribution in [2.75, 3.05) is 18.6 Å². The van der Waals surface area contributed by atoms with Gasteiger partial charge in [0.05, 0.1) is 25.0 Å². The summed E-state index contributed by atoms with van der Waals surface area (Å²) in [5.41, 5.74) is 5.98. The number of sulfone groups is 1. The van der Waals surface area contributed by atoms with Gasteiger partial charge in [0.15, 0.2) is 9.84 Å². The Morgan fingerprint density at radius 2 is 1.94 bits per heavy atom. The van der Waals surface area contributed by atoms with Crippen molar-refractivity contribution in [2.45, 2.75) is 44.6 Å². The lowest BCUT2D eigenvalue weighted by molar-refractivity contribution is -0.140. The molecule has 6 heteroatoms. The van der Waals surface area contributed by atoms with Gasteiger partial charge in [-0.1, -0.05) is 19.3 Å². The lowest BCUT2D eigenvalue weighted by Crippen LogP contribution is -2.38. The minimum absolute atomic E-state index is 0.0192. The predicted octanol–water partition coefficient (Wildman–Crippen LogP) is 0.872. The maximum atomic E-state index is 11.8. The SMILES string of the molecule is COC(=O)CCS(=O)(=O)CC(N)C1CCCCC1. The second kappa shape index (κ2) is 7.09. The molecule has 0 aromatic heterocycles. The highest BCUT2D eigenvalue weighted by Crippen LogP contribution is 2.26. The molecular formula is C12H23NO4S. The Morgan fingerprint density at radius 3 is 2.50 bits per heavy atom. The Bertz CT molecular complexity index is 360. The van der Waals surface area contributed by atoms with Crippen LogP contribution in [0.15, 0.2) is 0 Å². The van der Waals surface area contributed by atoms with Crippen molar-refractivity contribution >= 4 is 15.8 Å². The van der Waals surface area contributed by atoms with Crippen LogP contribution in [0.1, 0.15) is 38.5 Å². The van der Waals surface area contributed by atoms with Crippen LogP contribution < -0.4 is 5.73 Å². The first-order chi connectivity index (χ1) is 8.44. The topological polar surface area (TPSA) is 86.5 Å². The van der Waals surface area contributed by atoms with Crippen molar-refractivity contribution in [1.29, 1.82) is 0 Å². The molecule has 1 aliphatic carbocycles. The Kier molecular flexibility index (Phi) is 6.08. The molecule has 0 saturated heterocycles. The average molecular weight is 277 g/mol. The third-order valence-corrected chi connectivity index (χ3v) is 5.27. The van der Waals surface area contributed by atoms with Gasteiger partial charge in [0, 0.05) is 6.04 Å². The molecule has 0 heterocycles. The minimum atomic E-state index is -3.26. The number of hydrogen-bond acceptors (Lipinski definition) is 5. The van der Waals surface area contributed by atoms with E-state index in [2.05, 4.69) is 4.74 Å². The highest BCUT2D eigenvalue weighted by molar-refractivity contribution is 7.91. The molecule has 0 amide bonds. The van der Waals surface area contributed by atoms with E-state index in [-0.39, 0.29) is 24.0 Å². The summed E-state index contributed by atoms with van der Waals surface area (Å²) in [5, 5.41) is 0. The number of rotatable bonds is 6. The molecule has 18 heavy (non-hydrogen) atoms. The first-order valence-electron chi connectivity index (χ1n) is 6.47. The molecule has 1 saturated carbocycles. The standard InChI is InChI=1S/C12H23NO4S/c1-17-12(14)7-8-18(15,16)9-11(13)10-5-3-2-4-6-10/h10-11H,2-9,13H2,1H3. The van der Waals surface area contributed by atoms with E-state index >= 15 is 0 Å². The monoisotopic (exact) mass is 277 g/mol. The van der Waals surface area contributed by atoms with E-state index in [1.807, 2.05) is 0 Å². The fourth-order valence-electron chi connectivity index (χ4n) is 2.42. The van der Waals surface area contributed by atoms with Gasteiger partial charge in [-0.25, -0.2) is 8.42 Å². The zero-order valence-electron chi connectivity index (χ0n) is 10.9. The van der Waals surface area contributed by atoms with Crippen LogP contribution in [0.25, 0.3) is 0 Å². The summed E-state index contributed by atoms with van der Waals surface area (Å²) >= 11 is 0. The van der Waals surface area contributed by atoms with E-state index in [1.165, 1.54) is 13.5 Å². The molecule has 1 rings (SSSR count). The molecule has 0 aromatic rings. The van der Waals surface area contributed by atoms with Gasteiger partial charge in [-0.2, -0.15) is 0 Å². The average Bonchev–Trinajstić information content (AvgIpc) is 2.36. The van der Waals surface area contributed by atoms with Gasteiger partial charge in [-0.05, 0) is 18.8 Å². The van der Waals surface area contributed by atoms with Crippen molar-refractivity contribution in [3.8, 4) is 0 Å². The molecule has 0 aromatic carbocycles. The summed E-state index contributed by atoms with van der Waals surface area (Å²) < 4.78 is 28.1. The molecule has 1 unspecified atom stereocenters. The summed E-state index contributed by atoms with van der Waals surface area (Å²) in [6, 6.07) is -0.298. The van der Waals surface area contributed by atoms with E-state index in [0.29, 0.717) is 5.92 Å². The normalized spacial score (nSPS) is 19.4. The maximum Gasteiger partial charge on any atom is 0.306 e. The second-order valence-corrected chi connectivity index (χ2v) is 7.23. The Hall–Kier alpha value is -0.620. The summed E-state index contributed by atoms with van der Waals surface area (Å²) in [4.78, 5) is 10.9. The van der Waals surface area contributed by atoms with E-state index in [0.717, 1.165) is 25.7 Å². The molecule has 106 valence electrons. The third kappa shape index (κ3) is 5.35. The highest BCUT2D eigenvalue weighted by atomic mass is 32.2. The molecule has 0 spiro atoms. The first-order valence-corrected chi connectivity index (χ1v) is 8.29. The summed E-state index contributed by atoms with van der Waals surface area (Å²) in [6.07, 6.45) is 5.46. The molecule has 0 aliphatic heterocycles. The van der Waals surface area contributed by atoms with Crippen LogP contribution in [0, 0.1) is 5.92 Å². The summed E-state index contributed by atoms with van der Waals surface area (Å²) in [7, 11) is -2.01. The number of methoxy groups -OCH3 is 1. The number of carbonyl (C=O) groups excluding carboxylic acids is 1. The van der Waals surface area contributed by atoms with Crippen LogP contribution in [-0.2, 0) is 19.4 Å². The number of hydrogen-bond donors (Lipinski definition) is 1. The van der Waals surface area contributed by atoms with Crippen LogP contribution in [0.2, 0.25) is 0 Å². The van der Waals surface area contributed by atoms with Crippen molar-refractivity contribution in [3.05, 3.63) is 0 Å². The first kappa shape index (κ1) is 15.4. The maximum absolute atomic E-state index is 11.8. The molecule has 1 atom stereocenters. The van der Waals surface area contributed by atoms with Gasteiger partial charge >= 0.3 is 5.97 Å². The number of carbonyl (C=O) groups is 1. The van der Waals surface area contributed by atoms with Crippen LogP contribution in [0.3, 0.4) is 0 Å². The zero-order valence-corrected chi connectivity index (χ0v) is 11.7. The van der Waals surface area contributed by atoms with Crippen LogP contribution in [0.5, 0.6) is 0 Å². The largest absolute Gasteiger partial charge is 0.469 e. The van der Waals surface area contributed by atoms with E-state index in [4.69, 9.17) is 5.73 Å². The second-order valence-electron chi connectivity index (χ2n) is 5.00. The summed E-state index contributed by atoms with van der Waals surface area (Å²) in [5.74, 6) is -0.370. The Labute approximate surface area is 109 Å². The van der Waals surface area contributed by atoms with Crippen molar-refractivity contribution < 1.29 is 17.9 Å². The third-order valence-electron chi connectivity index (χ3n) is 3.55. The van der Waals surface area contributed by atoms with Gasteiger partial charge in [-0.15, -0.1) is 0 Å². The smallest absolute Gasteiger partial charge is 0.306 e. The van der Waals surface area contributed by atoms with Gasteiger partial charge in [0.25, 0.3) is 0 Å². The number of ether oxygens (including phenoxy) is 1. The van der Waals surface area contributed by atoms with Gasteiger partial charge in [0.1, 0.15) is 0 Å². The molecule has 1 fully saturated rings. The molecule has 0 radical (unpaired) electrons. The molecular weight excluding hydrogens is 254 g/mol. The highest BCUT2D eigenvalue weighted by Gasteiger charge is 2.25. The lowest BCUT2D eigenvalue weighted by atomic mass is 9.85. The van der Waals surface area contributed by atoms with E-state index in [1.54, 1.807) is 0 Å². The van der Waals surface area contributed by atoms with Gasteiger partial charge in [-0.3, -0.25) is 4.79 Å². The van der Waals surface area contributed by atoms with E-state index in [9.17, 15) is 13.2 Å². The minimum Gasteiger partial charge on any atom is -0.469 e. The molecule has 1 aliphatic rings. The lowest BCUT2D eigenvalue weighted by Gasteiger charge is -2.27. The molecule has 5 nitrogen and oxygen atoms in total. The molecule has 2 N–H and O–H groups in total. The van der Waals surface area contributed by atoms with Crippen molar-refractivity contribution in [2.24, 2.45) is 11.7 Å². The Morgan fingerprint density at radius 1 is 1.33 bits per heavy atom. The number of nitrogens with two attached hydrogens (primary N) is 1. The number of esters is 1. The van der Waals surface area contributed by atoms with Gasteiger partial charge in [0.2, 0.25) is 0 Å². The molecule has 0 bridgehead atoms. The van der Waals surface area contributed by atoms with Crippen LogP contribution in [-0.4, -0.2) is 39.0 Å². The zero-order chi connectivity index (χ0) is 13.6. The van der Waals surface area contributed by atoms with Crippen molar-refractivity contribution in [1.82, 2.24) is 0 Å². The van der Waals surface area contributed by atoms with Crippen molar-refractivity contribution in [3.63, 3.8) is 0 Å². The van der Waals surface area contributed by atoms with Crippen LogP contribution in [0.4, 0.5) is 0 Å². The fraction of sp³-hybridized carbons (Fsp3) is 0.917. The van der Waals surface area contributed by atoms with Gasteiger partial charge < -0.3 is 10.5 Å². The van der Waals surface area contributed by atoms with E-state index < -0.39 is 15.8 Å². The summed E-state index contributed by atoms with van der Waals surface area (Å²) in [6.45, 7) is 0.